The van der Waals surface area contributed by atoms with Crippen LogP contribution in [0, 0.1) is 29.6 Å². The van der Waals surface area contributed by atoms with Crippen LogP contribution in [0.5, 0.6) is 0 Å². The van der Waals surface area contributed by atoms with Crippen LogP contribution in [0.15, 0.2) is 23.8 Å². The van der Waals surface area contributed by atoms with E-state index in [1.165, 1.54) is 14.0 Å². The Morgan fingerprint density at radius 3 is 2.49 bits per heavy atom. The fourth-order valence-electron chi connectivity index (χ4n) is 6.39. The topological polar surface area (TPSA) is 133 Å². The third kappa shape index (κ3) is 8.01. The van der Waals surface area contributed by atoms with Crippen molar-refractivity contribution in [2.75, 3.05) is 14.2 Å². The van der Waals surface area contributed by atoms with Gasteiger partial charge < -0.3 is 43.7 Å². The molecule has 0 unspecified atom stereocenters. The average molecular weight is 627 g/mol. The molecule has 0 aromatic carbocycles. The van der Waals surface area contributed by atoms with Gasteiger partial charge in [0.25, 0.3) is 0 Å². The molecule has 10 nitrogen and oxygen atoms in total. The molecule has 2 saturated heterocycles. The van der Waals surface area contributed by atoms with Crippen LogP contribution < -0.4 is 0 Å². The summed E-state index contributed by atoms with van der Waals surface area (Å²) < 4.78 is 35.8. The Kier molecular flexibility index (Phi) is 11.1. The first kappa shape index (κ1) is 34.4. The normalized spacial score (nSPS) is 48.6. The summed E-state index contributed by atoms with van der Waals surface area (Å²) in [6, 6.07) is 0. The number of aliphatic hydroxyl groups is 3. The molecule has 3 fully saturated rings. The smallest absolute Gasteiger partial charge is 0.311 e. The van der Waals surface area contributed by atoms with Gasteiger partial charge in [-0.25, -0.2) is 0 Å². The number of alkyl halides is 1. The molecule has 3 N–H and O–H groups in total. The number of cyclic esters (lactones) is 1. The molecule has 14 atom stereocenters. The van der Waals surface area contributed by atoms with Gasteiger partial charge in [-0.05, 0) is 39.3 Å². The largest absolute Gasteiger partial charge is 0.458 e. The predicted octanol–water partition coefficient (Wildman–Crippen LogP) is 2.85. The maximum atomic E-state index is 13.2. The number of hydrogen-bond acceptors (Lipinski definition) is 10. The molecular weight excluding hydrogens is 580 g/mol. The third-order valence-electron chi connectivity index (χ3n) is 9.12. The van der Waals surface area contributed by atoms with E-state index in [2.05, 4.69) is 11.8 Å². The summed E-state index contributed by atoms with van der Waals surface area (Å²) >= 11 is 6.03. The van der Waals surface area contributed by atoms with Crippen molar-refractivity contribution in [2.45, 2.75) is 126 Å². The lowest BCUT2D eigenvalue weighted by Crippen LogP contribution is -2.66. The van der Waals surface area contributed by atoms with Crippen LogP contribution in [0.3, 0.4) is 0 Å². The predicted molar refractivity (Wildman–Crippen MR) is 158 cm³/mol. The Morgan fingerprint density at radius 2 is 1.86 bits per heavy atom. The van der Waals surface area contributed by atoms with Gasteiger partial charge in [0, 0.05) is 50.2 Å². The molecular formula is C32H47ClO10. The lowest BCUT2D eigenvalue weighted by Gasteiger charge is -2.51. The van der Waals surface area contributed by atoms with Crippen LogP contribution in [-0.4, -0.2) is 101 Å². The van der Waals surface area contributed by atoms with E-state index in [0.717, 1.165) is 12.0 Å². The van der Waals surface area contributed by atoms with Gasteiger partial charge in [0.15, 0.2) is 12.1 Å². The van der Waals surface area contributed by atoms with Crippen LogP contribution in [0.4, 0.5) is 0 Å². The first-order chi connectivity index (χ1) is 20.2. The molecule has 11 heteroatoms. The first-order valence-corrected chi connectivity index (χ1v) is 15.5. The molecule has 4 aliphatic rings. The number of carbonyl (C=O) groups excluding carboxylic acids is 1. The Morgan fingerprint density at radius 1 is 1.16 bits per heavy atom. The van der Waals surface area contributed by atoms with Crippen molar-refractivity contribution in [3.63, 3.8) is 0 Å². The number of hydrogen-bond donors (Lipinski definition) is 3. The lowest BCUT2D eigenvalue weighted by atomic mass is 9.79. The van der Waals surface area contributed by atoms with Gasteiger partial charge in [0.2, 0.25) is 0 Å². The monoisotopic (exact) mass is 626 g/mol. The van der Waals surface area contributed by atoms with E-state index in [1.54, 1.807) is 26.2 Å². The SMILES string of the molecule is CO[C@@H]1/C=C(\C)C[C@H](/C=C/C#C[C@H]2C[C@@H]2Cl)OC(=O)C[C@]2(O)C[C@H](O[C@@H]3O[C@@H](C)[C@H](O)[C@@](C)(O)[C@H]3OC)[C@@H](C)[C@@H](O2)[C@@H]1C. The average Bonchev–Trinajstić information content (AvgIpc) is 3.63. The summed E-state index contributed by atoms with van der Waals surface area (Å²) in [7, 11) is 3.02. The van der Waals surface area contributed by atoms with E-state index in [4.69, 9.17) is 40.0 Å². The molecule has 0 spiro atoms. The molecule has 0 aromatic rings. The first-order valence-electron chi connectivity index (χ1n) is 15.0. The number of carbonyl (C=O) groups is 1. The van der Waals surface area contributed by atoms with Crippen molar-refractivity contribution in [3.8, 4) is 11.8 Å². The van der Waals surface area contributed by atoms with Crippen molar-refractivity contribution in [2.24, 2.45) is 17.8 Å². The summed E-state index contributed by atoms with van der Waals surface area (Å²) in [6.45, 7) is 8.97. The number of ether oxygens (including phenoxy) is 6. The van der Waals surface area contributed by atoms with Gasteiger partial charge >= 0.3 is 5.97 Å². The standard InChI is InChI=1S/C32H47ClO10/c1-17-12-22(11-9-8-10-21-14-23(21)33)41-26(34)16-32(37)15-25(19(3)27(43-32)18(2)24(13-17)38-6)42-30-29(39-7)31(5,36)28(35)20(4)40-30/h9,11,13,18-25,27-30,35-37H,12,14-16H2,1-7H3/b11-9+,17-13+/t18-,19-,20+,21+,22+,23+,24-,25+,27+,28+,29+,30+,31-,32+/m1/s1. The number of aliphatic hydroxyl groups excluding tert-OH is 1. The maximum absolute atomic E-state index is 13.2. The highest BCUT2D eigenvalue weighted by Gasteiger charge is 2.55. The van der Waals surface area contributed by atoms with Crippen molar-refractivity contribution >= 4 is 17.6 Å². The van der Waals surface area contributed by atoms with Crippen molar-refractivity contribution in [3.05, 3.63) is 23.8 Å². The number of allylic oxidation sites excluding steroid dienone is 1. The van der Waals surface area contributed by atoms with Gasteiger partial charge in [-0.3, -0.25) is 4.79 Å². The minimum atomic E-state index is -1.91. The van der Waals surface area contributed by atoms with E-state index in [0.29, 0.717) is 6.42 Å². The van der Waals surface area contributed by atoms with Gasteiger partial charge in [-0.1, -0.05) is 37.3 Å². The highest BCUT2D eigenvalue weighted by molar-refractivity contribution is 6.22. The van der Waals surface area contributed by atoms with Gasteiger partial charge in [0.05, 0.1) is 30.8 Å². The minimum absolute atomic E-state index is 0.0681. The van der Waals surface area contributed by atoms with Gasteiger partial charge in [-0.15, -0.1) is 11.6 Å². The molecule has 43 heavy (non-hydrogen) atoms. The molecule has 1 saturated carbocycles. The molecule has 0 aromatic heterocycles. The molecule has 3 aliphatic heterocycles. The van der Waals surface area contributed by atoms with Crippen LogP contribution in [0.1, 0.15) is 60.3 Å². The molecule has 4 rings (SSSR count). The van der Waals surface area contributed by atoms with E-state index >= 15 is 0 Å². The maximum Gasteiger partial charge on any atom is 0.311 e. The van der Waals surface area contributed by atoms with Crippen LogP contribution >= 0.6 is 11.6 Å². The zero-order chi connectivity index (χ0) is 31.7. The molecule has 1 aliphatic carbocycles. The van der Waals surface area contributed by atoms with Crippen molar-refractivity contribution in [1.29, 1.82) is 0 Å². The quantitative estimate of drug-likeness (QED) is 0.181. The summed E-state index contributed by atoms with van der Waals surface area (Å²) in [5, 5.41) is 33.4. The number of rotatable bonds is 5. The number of fused-ring (bicyclic) bond motifs is 2. The van der Waals surface area contributed by atoms with Crippen molar-refractivity contribution < 1.29 is 48.5 Å². The van der Waals surface area contributed by atoms with Crippen molar-refractivity contribution in [1.82, 2.24) is 0 Å². The van der Waals surface area contributed by atoms with Crippen LogP contribution in [-0.2, 0) is 33.2 Å². The molecule has 3 heterocycles. The summed E-state index contributed by atoms with van der Waals surface area (Å²) in [4.78, 5) is 13.2. The molecule has 0 radical (unpaired) electrons. The zero-order valence-corrected chi connectivity index (χ0v) is 26.8. The fourth-order valence-corrected chi connectivity index (χ4v) is 6.65. The van der Waals surface area contributed by atoms with E-state index in [9.17, 15) is 20.1 Å². The fraction of sp³-hybridized carbons (Fsp3) is 0.781. The number of methoxy groups -OCH3 is 2. The van der Waals surface area contributed by atoms with Gasteiger partial charge in [-0.2, -0.15) is 0 Å². The summed E-state index contributed by atoms with van der Waals surface area (Å²) in [5.74, 6) is 3.18. The summed E-state index contributed by atoms with van der Waals surface area (Å²) in [5.41, 5.74) is -0.701. The Hall–Kier alpha value is -1.52. The third-order valence-corrected chi connectivity index (χ3v) is 9.60. The zero-order valence-electron chi connectivity index (χ0n) is 26.1. The van der Waals surface area contributed by atoms with E-state index in [-0.39, 0.29) is 35.7 Å². The number of halogens is 1. The Labute approximate surface area is 259 Å². The molecule has 0 amide bonds. The summed E-state index contributed by atoms with van der Waals surface area (Å²) in [6.07, 6.45) is -0.0668. The van der Waals surface area contributed by atoms with Crippen LogP contribution in [0.2, 0.25) is 0 Å². The van der Waals surface area contributed by atoms with Gasteiger partial charge in [0.1, 0.15) is 23.9 Å². The Balaban J connectivity index is 1.61. The van der Waals surface area contributed by atoms with Crippen LogP contribution in [0.25, 0.3) is 0 Å². The van der Waals surface area contributed by atoms with E-state index < -0.39 is 66.7 Å². The highest BCUT2D eigenvalue weighted by Crippen LogP contribution is 2.42. The lowest BCUT2D eigenvalue weighted by molar-refractivity contribution is -0.362. The second-order valence-corrected chi connectivity index (χ2v) is 13.4. The molecule has 242 valence electrons. The molecule has 2 bridgehead atoms. The van der Waals surface area contributed by atoms with E-state index in [1.807, 2.05) is 26.8 Å². The second kappa shape index (κ2) is 13.9. The second-order valence-electron chi connectivity index (χ2n) is 12.8. The highest BCUT2D eigenvalue weighted by atomic mass is 35.5. The minimum Gasteiger partial charge on any atom is -0.458 e. The number of esters is 1. The Bertz CT molecular complexity index is 1110.